The van der Waals surface area contributed by atoms with E-state index in [2.05, 4.69) is 14.8 Å². The fourth-order valence-electron chi connectivity index (χ4n) is 4.93. The molecular formula is C26H48N2O23P2. The third-order valence-electron chi connectivity index (χ3n) is 7.52. The first-order valence-corrected chi connectivity index (χ1v) is 19.3. The third kappa shape index (κ3) is 15.2. The average Bonchev–Trinajstić information content (AvgIpc) is 3.37. The molecule has 3 rings (SSSR count). The van der Waals surface area contributed by atoms with Crippen LogP contribution in [0.15, 0.2) is 10.3 Å². The molecule has 310 valence electrons. The van der Waals surface area contributed by atoms with Crippen molar-refractivity contribution in [3.05, 3.63) is 0 Å². The molecule has 3 aliphatic rings. The summed E-state index contributed by atoms with van der Waals surface area (Å²) in [5, 5.41) is 77.6. The molecule has 0 bridgehead atoms. The second-order valence-electron chi connectivity index (χ2n) is 12.2. The summed E-state index contributed by atoms with van der Waals surface area (Å²) in [4.78, 5) is 46.0. The summed E-state index contributed by atoms with van der Waals surface area (Å²) in [5.74, 6) is -1.15. The molecule has 3 heterocycles. The van der Waals surface area contributed by atoms with E-state index in [0.29, 0.717) is 0 Å². The van der Waals surface area contributed by atoms with Crippen molar-refractivity contribution in [2.45, 2.75) is 106 Å². The average molecular weight is 819 g/mol. The number of aliphatic hydroxyl groups is 7. The molecule has 0 saturated carbocycles. The van der Waals surface area contributed by atoms with E-state index >= 15 is 0 Å². The minimum atomic E-state index is -4.91. The van der Waals surface area contributed by atoms with Crippen molar-refractivity contribution in [1.82, 2.24) is 0 Å². The molecule has 13 atom stereocenters. The van der Waals surface area contributed by atoms with Gasteiger partial charge in [-0.05, 0) is 20.3 Å². The van der Waals surface area contributed by atoms with Crippen LogP contribution in [0.1, 0.15) is 20.3 Å². The maximum absolute atomic E-state index is 11.2. The molecule has 11 N–H and O–H groups in total. The van der Waals surface area contributed by atoms with Gasteiger partial charge in [-0.2, -0.15) is 0 Å². The Labute approximate surface area is 301 Å². The number of rotatable bonds is 21. The normalized spacial score (nSPS) is 35.9. The van der Waals surface area contributed by atoms with E-state index in [0.717, 1.165) is 6.21 Å². The van der Waals surface area contributed by atoms with Gasteiger partial charge in [-0.3, -0.25) is 9.09 Å². The van der Waals surface area contributed by atoms with Gasteiger partial charge in [0, 0.05) is 0 Å². The summed E-state index contributed by atoms with van der Waals surface area (Å²) >= 11 is 0. The second kappa shape index (κ2) is 20.7. The molecule has 0 spiro atoms. The van der Waals surface area contributed by atoms with Crippen LogP contribution < -0.4 is 0 Å². The molecule has 0 radical (unpaired) electrons. The summed E-state index contributed by atoms with van der Waals surface area (Å²) in [6.07, 6.45) is -17.6. The second-order valence-corrected chi connectivity index (χ2v) is 15.3. The topological polar surface area (TPSA) is 374 Å². The molecule has 0 aliphatic carbocycles. The predicted molar refractivity (Wildman–Crippen MR) is 169 cm³/mol. The van der Waals surface area contributed by atoms with Gasteiger partial charge in [0.1, 0.15) is 62.0 Å². The fourth-order valence-corrected chi connectivity index (χ4v) is 5.87. The first-order chi connectivity index (χ1) is 24.7. The summed E-state index contributed by atoms with van der Waals surface area (Å²) in [6.45, 7) is 0.822. The Hall–Kier alpha value is -1.36. The van der Waals surface area contributed by atoms with E-state index in [-0.39, 0.29) is 32.8 Å². The van der Waals surface area contributed by atoms with Gasteiger partial charge in [0.25, 0.3) is 0 Å². The Morgan fingerprint density at radius 3 is 1.83 bits per heavy atom. The van der Waals surface area contributed by atoms with Gasteiger partial charge >= 0.3 is 15.4 Å². The highest BCUT2D eigenvalue weighted by Crippen LogP contribution is 2.38. The van der Waals surface area contributed by atoms with Crippen LogP contribution in [0.2, 0.25) is 0 Å². The molecule has 0 aromatic heterocycles. The van der Waals surface area contributed by atoms with Crippen molar-refractivity contribution in [2.24, 2.45) is 10.3 Å². The maximum Gasteiger partial charge on any atom is 0.469 e. The molecule has 0 aromatic rings. The highest BCUT2D eigenvalue weighted by Gasteiger charge is 2.46. The van der Waals surface area contributed by atoms with Crippen LogP contribution in [0.3, 0.4) is 0 Å². The van der Waals surface area contributed by atoms with Crippen molar-refractivity contribution in [3.8, 4) is 0 Å². The van der Waals surface area contributed by atoms with Gasteiger partial charge in [-0.1, -0.05) is 10.3 Å². The largest absolute Gasteiger partial charge is 0.469 e. The molecule has 0 amide bonds. The van der Waals surface area contributed by atoms with E-state index in [4.69, 9.17) is 62.4 Å². The lowest BCUT2D eigenvalue weighted by atomic mass is 9.97. The molecular weight excluding hydrogens is 770 g/mol. The van der Waals surface area contributed by atoms with Crippen molar-refractivity contribution in [1.29, 1.82) is 0 Å². The Morgan fingerprint density at radius 2 is 1.28 bits per heavy atom. The molecule has 25 nitrogen and oxygen atoms in total. The predicted octanol–water partition coefficient (Wildman–Crippen LogP) is -4.83. The lowest BCUT2D eigenvalue weighted by Gasteiger charge is -2.40. The maximum atomic E-state index is 11.2. The van der Waals surface area contributed by atoms with E-state index in [1.807, 2.05) is 0 Å². The van der Waals surface area contributed by atoms with Crippen molar-refractivity contribution < 1.29 is 112 Å². The van der Waals surface area contributed by atoms with Crippen LogP contribution in [0, 0.1) is 0 Å². The standard InChI is InChI=1S/C26H48N2O23P2/c1-26(2)50-15(10-28-45-7-5-43-25-22(35)20(33)18(31)16(49-25)12-46-53(39,40)41)23(51-26)47-13(11-29)9-27-44-6-4-42-24-21(34)19(32)17(30)14(48-24)3-8-52(36,37)38/h9-10,13-25,29-35H,3-8,11-12H2,1-2H3,(H2,36,37,38)(H2,39,40,41)/b27-9+,28-10-/t13-,14+,15+,16+,17+,18+,19-,20-,21-,22-,23-,24?,25?/m0/s1. The van der Waals surface area contributed by atoms with Gasteiger partial charge in [0.15, 0.2) is 30.8 Å². The van der Waals surface area contributed by atoms with E-state index in [1.165, 1.54) is 6.21 Å². The number of hydrogen-bond acceptors (Lipinski definition) is 21. The molecule has 3 saturated heterocycles. The van der Waals surface area contributed by atoms with Gasteiger partial charge in [-0.15, -0.1) is 0 Å². The van der Waals surface area contributed by atoms with Crippen LogP contribution in [0.25, 0.3) is 0 Å². The number of oxime groups is 2. The Morgan fingerprint density at radius 1 is 0.736 bits per heavy atom. The van der Waals surface area contributed by atoms with E-state index in [1.54, 1.807) is 13.8 Å². The van der Waals surface area contributed by atoms with E-state index in [9.17, 15) is 44.9 Å². The highest BCUT2D eigenvalue weighted by atomic mass is 31.2. The Kier molecular flexibility index (Phi) is 18.0. The zero-order valence-corrected chi connectivity index (χ0v) is 30.2. The van der Waals surface area contributed by atoms with E-state index < -0.39 is 120 Å². The van der Waals surface area contributed by atoms with Gasteiger partial charge in [-0.25, -0.2) is 4.57 Å². The first-order valence-electron chi connectivity index (χ1n) is 16.0. The van der Waals surface area contributed by atoms with Crippen LogP contribution >= 0.6 is 15.4 Å². The summed E-state index contributed by atoms with van der Waals surface area (Å²) in [6, 6.07) is 0. The smallest absolute Gasteiger partial charge is 0.394 e. The van der Waals surface area contributed by atoms with Crippen LogP contribution in [0.5, 0.6) is 0 Å². The Bertz CT molecular complexity index is 1250. The number of phosphoric ester groups is 1. The quantitative estimate of drug-likeness (QED) is 0.0224. The lowest BCUT2D eigenvalue weighted by Crippen LogP contribution is -2.59. The summed E-state index contributed by atoms with van der Waals surface area (Å²) < 4.78 is 64.8. The minimum Gasteiger partial charge on any atom is -0.394 e. The number of hydrogen-bond donors (Lipinski definition) is 11. The molecule has 27 heteroatoms. The Balaban J connectivity index is 1.40. The summed E-state index contributed by atoms with van der Waals surface area (Å²) in [7, 11) is -9.32. The zero-order chi connectivity index (χ0) is 39.6. The molecule has 2 unspecified atom stereocenters. The molecule has 3 aliphatic heterocycles. The third-order valence-corrected chi connectivity index (χ3v) is 8.85. The number of phosphoric acid groups is 1. The van der Waals surface area contributed by atoms with Crippen molar-refractivity contribution >= 4 is 27.8 Å². The zero-order valence-electron chi connectivity index (χ0n) is 28.4. The van der Waals surface area contributed by atoms with Gasteiger partial charge in [0.2, 0.25) is 0 Å². The first kappa shape index (κ1) is 46.0. The molecule has 0 aromatic carbocycles. The number of aliphatic hydroxyl groups excluding tert-OH is 7. The van der Waals surface area contributed by atoms with Crippen LogP contribution in [0.4, 0.5) is 0 Å². The van der Waals surface area contributed by atoms with Crippen LogP contribution in [-0.2, 0) is 56.5 Å². The van der Waals surface area contributed by atoms with Crippen LogP contribution in [-0.4, -0.2) is 199 Å². The molecule has 3 fully saturated rings. The lowest BCUT2D eigenvalue weighted by molar-refractivity contribution is -0.301. The van der Waals surface area contributed by atoms with Gasteiger partial charge in [0.05, 0.1) is 51.1 Å². The summed E-state index contributed by atoms with van der Waals surface area (Å²) in [5.41, 5.74) is 0. The fraction of sp³-hybridized carbons (Fsp3) is 0.923. The van der Waals surface area contributed by atoms with Crippen molar-refractivity contribution in [2.75, 3.05) is 45.8 Å². The minimum absolute atomic E-state index is 0.223. The van der Waals surface area contributed by atoms with Gasteiger partial charge < -0.3 is 98.2 Å². The molecule has 53 heavy (non-hydrogen) atoms. The number of nitrogens with zero attached hydrogens (tertiary/aromatic N) is 2. The SMILES string of the molecule is CC1(C)O[C@H](O[C@@H](/C=N/OCCOC2O[C@H](CCP(=O)(O)O)[C@@H](O)[C@H](O)[C@@H]2O)CO)[C@@H](/C=N\OCCOC2O[C@H](COP(=O)(O)O)[C@@H](O)[C@H](O)[C@@H]2O)O1. The monoisotopic (exact) mass is 818 g/mol. The highest BCUT2D eigenvalue weighted by molar-refractivity contribution is 7.51. The number of ether oxygens (including phenoxy) is 7. The van der Waals surface area contributed by atoms with Crippen molar-refractivity contribution in [3.63, 3.8) is 0 Å².